The highest BCUT2D eigenvalue weighted by Gasteiger charge is 2.36. The van der Waals surface area contributed by atoms with Gasteiger partial charge in [-0.05, 0) is 36.1 Å². The molecule has 0 aliphatic carbocycles. The van der Waals surface area contributed by atoms with Crippen LogP contribution in [0.1, 0.15) is 39.9 Å². The van der Waals surface area contributed by atoms with E-state index in [2.05, 4.69) is 15.3 Å². The summed E-state index contributed by atoms with van der Waals surface area (Å²) >= 11 is 0. The Labute approximate surface area is 156 Å². The number of benzene rings is 1. The topological polar surface area (TPSA) is 101 Å². The molecular weight excluding hydrogens is 349 g/mol. The van der Waals surface area contributed by atoms with Gasteiger partial charge in [-0.25, -0.2) is 14.4 Å². The van der Waals surface area contributed by atoms with Crippen LogP contribution in [0.3, 0.4) is 0 Å². The number of nitrogens with two attached hydrogens (primary N) is 1. The molecule has 0 saturated carbocycles. The summed E-state index contributed by atoms with van der Waals surface area (Å²) in [5, 5.41) is 2.69. The van der Waals surface area contributed by atoms with E-state index < -0.39 is 5.91 Å². The van der Waals surface area contributed by atoms with Crippen LogP contribution >= 0.6 is 0 Å². The maximum absolute atomic E-state index is 13.0. The second-order valence-corrected chi connectivity index (χ2v) is 7.05. The van der Waals surface area contributed by atoms with E-state index in [4.69, 9.17) is 5.73 Å². The van der Waals surface area contributed by atoms with Crippen LogP contribution in [0.5, 0.6) is 0 Å². The summed E-state index contributed by atoms with van der Waals surface area (Å²) in [6.07, 6.45) is 3.57. The Hall–Kier alpha value is -2.87. The van der Waals surface area contributed by atoms with Crippen LogP contribution in [0.15, 0.2) is 36.7 Å². The van der Waals surface area contributed by atoms with Crippen LogP contribution in [0.4, 0.5) is 4.39 Å². The second kappa shape index (κ2) is 7.79. The minimum atomic E-state index is -0.503. The molecule has 3 N–H and O–H groups in total. The molecule has 0 bridgehead atoms. The van der Waals surface area contributed by atoms with E-state index in [1.54, 1.807) is 17.0 Å². The molecule has 1 atom stereocenters. The molecule has 2 amide bonds. The fraction of sp³-hybridized carbons (Fsp3) is 0.368. The molecule has 0 radical (unpaired) electrons. The van der Waals surface area contributed by atoms with Crippen molar-refractivity contribution in [1.29, 1.82) is 0 Å². The fourth-order valence-electron chi connectivity index (χ4n) is 3.04. The predicted octanol–water partition coefficient (Wildman–Crippen LogP) is 1.36. The molecule has 7 nitrogen and oxygen atoms in total. The second-order valence-electron chi connectivity index (χ2n) is 7.05. The zero-order chi connectivity index (χ0) is 19.4. The lowest BCUT2D eigenvalue weighted by Gasteiger charge is -2.22. The molecule has 0 spiro atoms. The number of nitrogens with one attached hydrogen (secondary N) is 1. The van der Waals surface area contributed by atoms with E-state index in [-0.39, 0.29) is 35.1 Å². The van der Waals surface area contributed by atoms with E-state index >= 15 is 0 Å². The van der Waals surface area contributed by atoms with Crippen molar-refractivity contribution < 1.29 is 14.0 Å². The normalized spacial score (nSPS) is 19.1. The molecule has 2 heterocycles. The highest BCUT2D eigenvalue weighted by atomic mass is 19.1. The number of halogens is 1. The van der Waals surface area contributed by atoms with Gasteiger partial charge in [0.05, 0.1) is 0 Å². The van der Waals surface area contributed by atoms with E-state index in [9.17, 15) is 14.0 Å². The lowest BCUT2D eigenvalue weighted by atomic mass is 9.90. The maximum Gasteiger partial charge on any atom is 0.274 e. The van der Waals surface area contributed by atoms with Gasteiger partial charge in [-0.2, -0.15) is 0 Å². The van der Waals surface area contributed by atoms with Gasteiger partial charge in [-0.3, -0.25) is 9.59 Å². The average molecular weight is 371 g/mol. The zero-order valence-electron chi connectivity index (χ0n) is 15.1. The molecule has 3 rings (SSSR count). The summed E-state index contributed by atoms with van der Waals surface area (Å²) in [6, 6.07) is 5.80. The number of rotatable bonds is 5. The Morgan fingerprint density at radius 1 is 1.22 bits per heavy atom. The molecule has 1 unspecified atom stereocenters. The van der Waals surface area contributed by atoms with Crippen molar-refractivity contribution in [2.45, 2.75) is 19.9 Å². The third-order valence-corrected chi connectivity index (χ3v) is 4.82. The Morgan fingerprint density at radius 2 is 1.89 bits per heavy atom. The summed E-state index contributed by atoms with van der Waals surface area (Å²) in [5.41, 5.74) is 6.41. The Balaban J connectivity index is 1.72. The third-order valence-electron chi connectivity index (χ3n) is 4.82. The Kier molecular flexibility index (Phi) is 5.46. The van der Waals surface area contributed by atoms with Crippen molar-refractivity contribution in [2.75, 3.05) is 19.6 Å². The highest BCUT2D eigenvalue weighted by molar-refractivity contribution is 6.04. The number of carbonyl (C=O) groups excluding carboxylic acids is 2. The molecule has 1 aromatic carbocycles. The fourth-order valence-corrected chi connectivity index (χ4v) is 3.04. The largest absolute Gasteiger partial charge is 0.347 e. The van der Waals surface area contributed by atoms with Crippen molar-refractivity contribution in [3.8, 4) is 0 Å². The first-order chi connectivity index (χ1) is 12.9. The van der Waals surface area contributed by atoms with Gasteiger partial charge in [0.2, 0.25) is 0 Å². The number of nitrogens with zero attached hydrogens (tertiary/aromatic N) is 3. The van der Waals surface area contributed by atoms with Gasteiger partial charge >= 0.3 is 0 Å². The van der Waals surface area contributed by atoms with Gasteiger partial charge < -0.3 is 16.0 Å². The molecule has 8 heteroatoms. The average Bonchev–Trinajstić information content (AvgIpc) is 3.09. The van der Waals surface area contributed by atoms with Gasteiger partial charge in [0.25, 0.3) is 11.8 Å². The van der Waals surface area contributed by atoms with Crippen LogP contribution in [0.2, 0.25) is 0 Å². The molecule has 27 heavy (non-hydrogen) atoms. The Morgan fingerprint density at radius 3 is 2.52 bits per heavy atom. The van der Waals surface area contributed by atoms with Crippen molar-refractivity contribution in [2.24, 2.45) is 11.1 Å². The summed E-state index contributed by atoms with van der Waals surface area (Å²) in [7, 11) is 0. The summed E-state index contributed by atoms with van der Waals surface area (Å²) < 4.78 is 13.0. The molecule has 1 saturated heterocycles. The van der Waals surface area contributed by atoms with Gasteiger partial charge in [-0.15, -0.1) is 0 Å². The summed E-state index contributed by atoms with van der Waals surface area (Å²) in [5.74, 6) is -1.18. The summed E-state index contributed by atoms with van der Waals surface area (Å²) in [4.78, 5) is 35.2. The number of likely N-dealkylation sites (tertiary alicyclic amines) is 1. The van der Waals surface area contributed by atoms with Crippen LogP contribution in [-0.2, 0) is 6.54 Å². The lowest BCUT2D eigenvalue weighted by Crippen LogP contribution is -2.36. The van der Waals surface area contributed by atoms with Crippen LogP contribution in [0.25, 0.3) is 0 Å². The summed E-state index contributed by atoms with van der Waals surface area (Å²) in [6.45, 7) is 3.81. The van der Waals surface area contributed by atoms with E-state index in [1.807, 2.05) is 6.92 Å². The van der Waals surface area contributed by atoms with Crippen molar-refractivity contribution in [1.82, 2.24) is 20.2 Å². The first-order valence-electron chi connectivity index (χ1n) is 8.75. The van der Waals surface area contributed by atoms with E-state index in [1.165, 1.54) is 24.5 Å². The van der Waals surface area contributed by atoms with Crippen molar-refractivity contribution >= 4 is 11.8 Å². The van der Waals surface area contributed by atoms with E-state index in [0.717, 1.165) is 12.0 Å². The van der Waals surface area contributed by atoms with Gasteiger partial charge in [0, 0.05) is 32.0 Å². The minimum absolute atomic E-state index is 0.0223. The number of hydrogen-bond acceptors (Lipinski definition) is 5. The number of aromatic nitrogens is 2. The number of carbonyl (C=O) groups is 2. The molecular formula is C19H22FN5O2. The van der Waals surface area contributed by atoms with E-state index in [0.29, 0.717) is 19.6 Å². The van der Waals surface area contributed by atoms with Crippen LogP contribution in [0, 0.1) is 11.2 Å². The first kappa shape index (κ1) is 18.9. The molecule has 1 aliphatic heterocycles. The number of amides is 2. The van der Waals surface area contributed by atoms with Crippen molar-refractivity contribution in [3.63, 3.8) is 0 Å². The number of hydrogen-bond donors (Lipinski definition) is 2. The van der Waals surface area contributed by atoms with Gasteiger partial charge in [0.1, 0.15) is 5.82 Å². The smallest absolute Gasteiger partial charge is 0.274 e. The Bertz CT molecular complexity index is 842. The first-order valence-corrected chi connectivity index (χ1v) is 8.75. The highest BCUT2D eigenvalue weighted by Crippen LogP contribution is 2.29. The zero-order valence-corrected chi connectivity index (χ0v) is 15.1. The van der Waals surface area contributed by atoms with Crippen molar-refractivity contribution in [3.05, 3.63) is 59.4 Å². The monoisotopic (exact) mass is 371 g/mol. The maximum atomic E-state index is 13.0. The molecule has 1 aliphatic rings. The quantitative estimate of drug-likeness (QED) is 0.826. The lowest BCUT2D eigenvalue weighted by molar-refractivity contribution is 0.0762. The van der Waals surface area contributed by atoms with Gasteiger partial charge in [-0.1, -0.05) is 19.1 Å². The molecule has 1 fully saturated rings. The standard InChI is InChI=1S/C19H22FN5O2/c1-19(11-21)6-9-25(12-19)18(27)16-15(22-7-8-23-16)17(26)24-10-13-2-4-14(20)5-3-13/h2-5,7-8H,6,9-12,21H2,1H3,(H,24,26). The molecule has 2 aromatic rings. The minimum Gasteiger partial charge on any atom is -0.347 e. The molecule has 1 aromatic heterocycles. The van der Waals surface area contributed by atoms with Crippen LogP contribution in [-0.4, -0.2) is 46.3 Å². The SMILES string of the molecule is CC1(CN)CCN(C(=O)c2nccnc2C(=O)NCc2ccc(F)cc2)C1. The van der Waals surface area contributed by atoms with Gasteiger partial charge in [0.15, 0.2) is 11.4 Å². The predicted molar refractivity (Wildman–Crippen MR) is 97.3 cm³/mol. The van der Waals surface area contributed by atoms with Crippen LogP contribution < -0.4 is 11.1 Å². The third kappa shape index (κ3) is 4.28. The molecule has 142 valence electrons.